The van der Waals surface area contributed by atoms with Crippen molar-refractivity contribution < 1.29 is 18.9 Å². The van der Waals surface area contributed by atoms with Gasteiger partial charge in [0.15, 0.2) is 5.92 Å². The Hall–Kier alpha value is -1.78. The fraction of sp³-hybridized carbons (Fsp3) is 0.730. The molecule has 2 aliphatic rings. The van der Waals surface area contributed by atoms with E-state index in [9.17, 15) is 10.5 Å². The maximum Gasteiger partial charge on any atom is 0.167 e. The first-order valence-electron chi connectivity index (χ1n) is 17.3. The fourth-order valence-electron chi connectivity index (χ4n) is 6.70. The van der Waals surface area contributed by atoms with Crippen LogP contribution in [-0.2, 0) is 44.6 Å². The number of hydrogen-bond acceptors (Lipinski definition) is 8. The predicted molar refractivity (Wildman–Crippen MR) is 184 cm³/mol. The van der Waals surface area contributed by atoms with E-state index in [-0.39, 0.29) is 10.8 Å². The van der Waals surface area contributed by atoms with Gasteiger partial charge in [-0.2, -0.15) is 10.5 Å². The van der Waals surface area contributed by atoms with Crippen LogP contribution in [0.4, 0.5) is 0 Å². The van der Waals surface area contributed by atoms with Gasteiger partial charge < -0.3 is 18.9 Å². The fourth-order valence-corrected chi connectivity index (χ4v) is 9.33. The molecular formula is C37H54N2O4S2. The van der Waals surface area contributed by atoms with Gasteiger partial charge in [-0.15, -0.1) is 22.7 Å². The van der Waals surface area contributed by atoms with E-state index in [1.165, 1.54) is 32.0 Å². The molecule has 2 aromatic rings. The lowest BCUT2D eigenvalue weighted by Crippen LogP contribution is -2.34. The Morgan fingerprint density at radius 1 is 0.644 bits per heavy atom. The Kier molecular flexibility index (Phi) is 14.4. The van der Waals surface area contributed by atoms with Crippen molar-refractivity contribution >= 4 is 22.7 Å². The Labute approximate surface area is 280 Å². The average Bonchev–Trinajstić information content (AvgIpc) is 3.79. The highest BCUT2D eigenvalue weighted by Crippen LogP contribution is 2.54. The molecule has 6 nitrogen and oxygen atoms in total. The van der Waals surface area contributed by atoms with Crippen molar-refractivity contribution in [1.29, 1.82) is 10.5 Å². The first kappa shape index (κ1) is 36.1. The summed E-state index contributed by atoms with van der Waals surface area (Å²) in [7, 11) is 0. The molecule has 0 radical (unpaired) electrons. The van der Waals surface area contributed by atoms with E-state index in [1.807, 2.05) is 11.3 Å². The maximum atomic E-state index is 10.0. The summed E-state index contributed by atoms with van der Waals surface area (Å²) in [6.07, 6.45) is 12.3. The molecule has 2 heterocycles. The van der Waals surface area contributed by atoms with E-state index >= 15 is 0 Å². The van der Waals surface area contributed by atoms with Crippen LogP contribution in [-0.4, -0.2) is 52.9 Å². The average molecular weight is 655 g/mol. The van der Waals surface area contributed by atoms with Crippen LogP contribution in [0.15, 0.2) is 5.38 Å². The SMILES string of the molecule is CCCCOCC1(COCCCC)Cc2csc(-c3sc(C(C#N)C#N)c4c3CC(COCCCC)(COCCCC)C4)c2C1. The molecule has 0 bridgehead atoms. The number of nitriles is 2. The number of ether oxygens (including phenoxy) is 4. The minimum atomic E-state index is -0.763. The zero-order chi connectivity index (χ0) is 32.1. The molecule has 4 rings (SSSR count). The summed E-state index contributed by atoms with van der Waals surface area (Å²) in [5.74, 6) is -0.763. The molecule has 0 spiro atoms. The molecule has 0 unspecified atom stereocenters. The van der Waals surface area contributed by atoms with Gasteiger partial charge >= 0.3 is 0 Å². The molecule has 45 heavy (non-hydrogen) atoms. The van der Waals surface area contributed by atoms with Gasteiger partial charge in [0.25, 0.3) is 0 Å². The van der Waals surface area contributed by atoms with E-state index in [4.69, 9.17) is 18.9 Å². The van der Waals surface area contributed by atoms with Crippen LogP contribution in [0.25, 0.3) is 9.75 Å². The van der Waals surface area contributed by atoms with Gasteiger partial charge in [0, 0.05) is 51.9 Å². The largest absolute Gasteiger partial charge is 0.381 e. The van der Waals surface area contributed by atoms with Crippen molar-refractivity contribution in [3.05, 3.63) is 32.5 Å². The van der Waals surface area contributed by atoms with Gasteiger partial charge in [0.05, 0.1) is 38.6 Å². The number of rotatable bonds is 22. The third-order valence-corrected chi connectivity index (χ3v) is 11.9. The van der Waals surface area contributed by atoms with Crippen LogP contribution >= 0.6 is 22.7 Å². The normalized spacial score (nSPS) is 16.2. The Morgan fingerprint density at radius 2 is 1.09 bits per heavy atom. The molecule has 8 heteroatoms. The lowest BCUT2D eigenvalue weighted by atomic mass is 9.85. The highest BCUT2D eigenvalue weighted by atomic mass is 32.1. The van der Waals surface area contributed by atoms with Crippen LogP contribution in [0.5, 0.6) is 0 Å². The second-order valence-corrected chi connectivity index (χ2v) is 15.3. The van der Waals surface area contributed by atoms with Crippen LogP contribution in [0.1, 0.15) is 112 Å². The molecule has 0 atom stereocenters. The molecule has 0 amide bonds. The number of unbranched alkanes of at least 4 members (excludes halogenated alkanes) is 4. The molecule has 248 valence electrons. The summed E-state index contributed by atoms with van der Waals surface area (Å²) in [6.45, 7) is 14.6. The lowest BCUT2D eigenvalue weighted by molar-refractivity contribution is -0.0189. The summed E-state index contributed by atoms with van der Waals surface area (Å²) in [4.78, 5) is 3.48. The maximum absolute atomic E-state index is 10.0. The molecule has 0 fully saturated rings. The zero-order valence-electron chi connectivity index (χ0n) is 28.1. The second-order valence-electron chi connectivity index (χ2n) is 13.3. The van der Waals surface area contributed by atoms with Gasteiger partial charge in [0.1, 0.15) is 0 Å². The van der Waals surface area contributed by atoms with Crippen molar-refractivity contribution in [1.82, 2.24) is 0 Å². The summed E-state index contributed by atoms with van der Waals surface area (Å²) in [5, 5.41) is 22.4. The van der Waals surface area contributed by atoms with Gasteiger partial charge in [-0.1, -0.05) is 53.4 Å². The quantitative estimate of drug-likeness (QED) is 0.118. The van der Waals surface area contributed by atoms with Crippen molar-refractivity contribution in [2.75, 3.05) is 52.9 Å². The van der Waals surface area contributed by atoms with Crippen molar-refractivity contribution in [2.45, 2.75) is 111 Å². The van der Waals surface area contributed by atoms with Gasteiger partial charge in [0.2, 0.25) is 0 Å². The van der Waals surface area contributed by atoms with E-state index in [2.05, 4.69) is 45.2 Å². The van der Waals surface area contributed by atoms with Gasteiger partial charge in [-0.3, -0.25) is 0 Å². The molecule has 2 aliphatic carbocycles. The number of hydrogen-bond donors (Lipinski definition) is 0. The standard InChI is InChI=1S/C37H54N2O4S2/c1-5-9-13-40-24-36(25-41-14-10-6-2)17-28-23-44-34(30(28)18-36)35-32-20-37(26-42-15-11-7-3,27-43-16-12-8-4)19-31(32)33(45-35)29(21-38)22-39/h23,29H,5-20,24-27H2,1-4H3. The van der Waals surface area contributed by atoms with Crippen LogP contribution < -0.4 is 0 Å². The van der Waals surface area contributed by atoms with Crippen LogP contribution in [0.3, 0.4) is 0 Å². The highest BCUT2D eigenvalue weighted by Gasteiger charge is 2.45. The second kappa shape index (κ2) is 17.9. The smallest absolute Gasteiger partial charge is 0.167 e. The Balaban J connectivity index is 1.66. The van der Waals surface area contributed by atoms with E-state index < -0.39 is 5.92 Å². The summed E-state index contributed by atoms with van der Waals surface area (Å²) in [5.41, 5.74) is 5.09. The van der Waals surface area contributed by atoms with Gasteiger partial charge in [-0.25, -0.2) is 0 Å². The molecule has 0 saturated heterocycles. The minimum absolute atomic E-state index is 0.0516. The molecule has 2 aromatic heterocycles. The summed E-state index contributed by atoms with van der Waals surface area (Å²) in [6, 6.07) is 4.59. The first-order valence-corrected chi connectivity index (χ1v) is 19.0. The third kappa shape index (κ3) is 8.98. The molecule has 0 aliphatic heterocycles. The number of nitrogens with zero attached hydrogens (tertiary/aromatic N) is 2. The molecule has 0 aromatic carbocycles. The van der Waals surface area contributed by atoms with Crippen LogP contribution in [0.2, 0.25) is 0 Å². The highest BCUT2D eigenvalue weighted by molar-refractivity contribution is 7.22. The van der Waals surface area contributed by atoms with Crippen LogP contribution in [0, 0.1) is 33.5 Å². The van der Waals surface area contributed by atoms with E-state index in [0.29, 0.717) is 26.4 Å². The summed E-state index contributed by atoms with van der Waals surface area (Å²) >= 11 is 3.50. The number of fused-ring (bicyclic) bond motifs is 2. The monoisotopic (exact) mass is 654 g/mol. The third-order valence-electron chi connectivity index (χ3n) is 9.28. The van der Waals surface area contributed by atoms with Gasteiger partial charge in [-0.05, 0) is 79.0 Å². The molecule has 0 saturated carbocycles. The topological polar surface area (TPSA) is 84.5 Å². The summed E-state index contributed by atoms with van der Waals surface area (Å²) < 4.78 is 25.1. The zero-order valence-corrected chi connectivity index (χ0v) is 29.8. The van der Waals surface area contributed by atoms with Crippen molar-refractivity contribution in [3.63, 3.8) is 0 Å². The van der Waals surface area contributed by atoms with E-state index in [0.717, 1.165) is 108 Å². The predicted octanol–water partition coefficient (Wildman–Crippen LogP) is 9.04. The molecule has 0 N–H and O–H groups in total. The Morgan fingerprint density at radius 3 is 1.56 bits per heavy atom. The van der Waals surface area contributed by atoms with Crippen molar-refractivity contribution in [2.24, 2.45) is 10.8 Å². The first-order chi connectivity index (χ1) is 22.0. The molecular weight excluding hydrogens is 601 g/mol. The number of thiophene rings is 2. The lowest BCUT2D eigenvalue weighted by Gasteiger charge is -2.29. The van der Waals surface area contributed by atoms with E-state index in [1.54, 1.807) is 11.3 Å². The minimum Gasteiger partial charge on any atom is -0.381 e. The Bertz CT molecular complexity index is 1250. The van der Waals surface area contributed by atoms with Crippen molar-refractivity contribution in [3.8, 4) is 21.9 Å².